The van der Waals surface area contributed by atoms with Crippen LogP contribution in [-0.4, -0.2) is 55.9 Å². The predicted molar refractivity (Wildman–Crippen MR) is 107 cm³/mol. The molecule has 1 aliphatic heterocycles. The number of amides is 3. The molecule has 3 amide bonds. The first kappa shape index (κ1) is 20.3. The number of hydrogen-bond donors (Lipinski definition) is 2. The fourth-order valence-electron chi connectivity index (χ4n) is 3.86. The van der Waals surface area contributed by atoms with E-state index in [9.17, 15) is 9.59 Å². The Balaban J connectivity index is 1.33. The molecule has 0 bridgehead atoms. The number of piperidine rings is 1. The molecule has 3 rings (SSSR count). The van der Waals surface area contributed by atoms with Crippen molar-refractivity contribution in [2.45, 2.75) is 51.5 Å². The second kappa shape index (κ2) is 10.2. The molecule has 7 heteroatoms. The fraction of sp³-hybridized carbons (Fsp3) is 0.619. The van der Waals surface area contributed by atoms with Crippen LogP contribution in [0.5, 0.6) is 5.75 Å². The van der Waals surface area contributed by atoms with Crippen LogP contribution < -0.4 is 15.4 Å². The summed E-state index contributed by atoms with van der Waals surface area (Å²) >= 11 is 0. The topological polar surface area (TPSA) is 79.9 Å². The molecule has 0 saturated carbocycles. The van der Waals surface area contributed by atoms with Gasteiger partial charge in [-0.05, 0) is 62.6 Å². The van der Waals surface area contributed by atoms with Crippen LogP contribution in [0.25, 0.3) is 0 Å². The van der Waals surface area contributed by atoms with Crippen molar-refractivity contribution >= 4 is 12.1 Å². The van der Waals surface area contributed by atoms with Crippen LogP contribution in [0, 0.1) is 0 Å². The van der Waals surface area contributed by atoms with Crippen molar-refractivity contribution in [3.63, 3.8) is 0 Å². The molecular formula is C21H31N3O4. The minimum absolute atomic E-state index is 0.0766. The molecule has 1 saturated heterocycles. The zero-order valence-electron chi connectivity index (χ0n) is 16.7. The van der Waals surface area contributed by atoms with E-state index in [2.05, 4.69) is 16.7 Å². The predicted octanol–water partition coefficient (Wildman–Crippen LogP) is 2.86. The quantitative estimate of drug-likeness (QED) is 0.733. The molecule has 0 radical (unpaired) electrons. The molecule has 0 unspecified atom stereocenters. The summed E-state index contributed by atoms with van der Waals surface area (Å²) in [5.41, 5.74) is 2.72. The number of carbonyl (C=O) groups excluding carboxylic acids is 2. The second-order valence-electron chi connectivity index (χ2n) is 7.31. The van der Waals surface area contributed by atoms with Gasteiger partial charge in [0.2, 0.25) is 0 Å². The molecule has 1 aromatic carbocycles. The van der Waals surface area contributed by atoms with Crippen LogP contribution in [0.4, 0.5) is 9.59 Å². The van der Waals surface area contributed by atoms with E-state index in [1.807, 2.05) is 12.1 Å². The molecular weight excluding hydrogens is 358 g/mol. The van der Waals surface area contributed by atoms with E-state index in [1.165, 1.54) is 24.0 Å². The third-order valence-electron chi connectivity index (χ3n) is 5.35. The van der Waals surface area contributed by atoms with Gasteiger partial charge >= 0.3 is 12.1 Å². The van der Waals surface area contributed by atoms with E-state index in [0.717, 1.165) is 31.4 Å². The number of rotatable bonds is 6. The highest BCUT2D eigenvalue weighted by Crippen LogP contribution is 2.29. The highest BCUT2D eigenvalue weighted by atomic mass is 16.6. The molecule has 0 atom stereocenters. The van der Waals surface area contributed by atoms with E-state index in [-0.39, 0.29) is 18.2 Å². The standard InChI is InChI=1S/C21H31N3O4/c1-2-27-21(26)24-13-10-17(11-14-24)23-20(25)22-12-15-28-19-9-5-7-16-6-3-4-8-18(16)19/h5,7,9,17H,2-4,6,8,10-15H2,1H3,(H2,22,23,25). The van der Waals surface area contributed by atoms with Gasteiger partial charge in [0, 0.05) is 19.1 Å². The lowest BCUT2D eigenvalue weighted by atomic mass is 9.91. The molecule has 1 fully saturated rings. The normalized spacial score (nSPS) is 16.8. The number of ether oxygens (including phenoxy) is 2. The van der Waals surface area contributed by atoms with Gasteiger partial charge < -0.3 is 25.0 Å². The molecule has 1 heterocycles. The molecule has 0 spiro atoms. The number of nitrogens with zero attached hydrogens (tertiary/aromatic N) is 1. The lowest BCUT2D eigenvalue weighted by Gasteiger charge is -2.31. The number of nitrogens with one attached hydrogen (secondary N) is 2. The van der Waals surface area contributed by atoms with Gasteiger partial charge in [0.1, 0.15) is 12.4 Å². The van der Waals surface area contributed by atoms with Gasteiger partial charge in [0.05, 0.1) is 13.2 Å². The van der Waals surface area contributed by atoms with Crippen molar-refractivity contribution in [2.75, 3.05) is 32.8 Å². The second-order valence-corrected chi connectivity index (χ2v) is 7.31. The average molecular weight is 389 g/mol. The Morgan fingerprint density at radius 2 is 1.96 bits per heavy atom. The minimum Gasteiger partial charge on any atom is -0.491 e. The van der Waals surface area contributed by atoms with Crippen LogP contribution in [0.1, 0.15) is 43.7 Å². The van der Waals surface area contributed by atoms with Crippen molar-refractivity contribution in [2.24, 2.45) is 0 Å². The molecule has 7 nitrogen and oxygen atoms in total. The third-order valence-corrected chi connectivity index (χ3v) is 5.35. The number of hydrogen-bond acceptors (Lipinski definition) is 4. The highest BCUT2D eigenvalue weighted by molar-refractivity contribution is 5.74. The zero-order chi connectivity index (χ0) is 19.8. The van der Waals surface area contributed by atoms with Gasteiger partial charge in [-0.2, -0.15) is 0 Å². The minimum atomic E-state index is -0.273. The van der Waals surface area contributed by atoms with E-state index in [4.69, 9.17) is 9.47 Å². The Kier molecular flexibility index (Phi) is 7.39. The molecule has 1 aliphatic carbocycles. The summed E-state index contributed by atoms with van der Waals surface area (Å²) in [6, 6.07) is 6.13. The Morgan fingerprint density at radius 1 is 1.18 bits per heavy atom. The van der Waals surface area contributed by atoms with Gasteiger partial charge in [-0.25, -0.2) is 9.59 Å². The van der Waals surface area contributed by atoms with E-state index >= 15 is 0 Å². The summed E-state index contributed by atoms with van der Waals surface area (Å²) in [6.07, 6.45) is 5.86. The molecule has 0 aromatic heterocycles. The summed E-state index contributed by atoms with van der Waals surface area (Å²) < 4.78 is 10.9. The lowest BCUT2D eigenvalue weighted by molar-refractivity contribution is 0.0957. The first-order valence-corrected chi connectivity index (χ1v) is 10.4. The first-order chi connectivity index (χ1) is 13.7. The average Bonchev–Trinajstić information content (AvgIpc) is 2.72. The van der Waals surface area contributed by atoms with E-state index in [1.54, 1.807) is 11.8 Å². The Morgan fingerprint density at radius 3 is 2.75 bits per heavy atom. The monoisotopic (exact) mass is 389 g/mol. The van der Waals surface area contributed by atoms with Crippen molar-refractivity contribution in [1.29, 1.82) is 0 Å². The fourth-order valence-corrected chi connectivity index (χ4v) is 3.86. The van der Waals surface area contributed by atoms with Crippen LogP contribution >= 0.6 is 0 Å². The molecule has 154 valence electrons. The molecule has 1 aromatic rings. The molecule has 2 aliphatic rings. The number of fused-ring (bicyclic) bond motifs is 1. The lowest BCUT2D eigenvalue weighted by Crippen LogP contribution is -2.49. The molecule has 28 heavy (non-hydrogen) atoms. The van der Waals surface area contributed by atoms with Gasteiger partial charge in [-0.3, -0.25) is 0 Å². The summed E-state index contributed by atoms with van der Waals surface area (Å²) in [7, 11) is 0. The van der Waals surface area contributed by atoms with Crippen molar-refractivity contribution in [1.82, 2.24) is 15.5 Å². The summed E-state index contributed by atoms with van der Waals surface area (Å²) in [5.74, 6) is 0.950. The Bertz CT molecular complexity index is 672. The van der Waals surface area contributed by atoms with Gasteiger partial charge in [-0.1, -0.05) is 12.1 Å². The SMILES string of the molecule is CCOC(=O)N1CCC(NC(=O)NCCOc2cccc3c2CCCC3)CC1. The van der Waals surface area contributed by atoms with Crippen LogP contribution in [0.3, 0.4) is 0 Å². The van der Waals surface area contributed by atoms with Gasteiger partial charge in [0.15, 0.2) is 0 Å². The zero-order valence-corrected chi connectivity index (χ0v) is 16.7. The van der Waals surface area contributed by atoms with Gasteiger partial charge in [-0.15, -0.1) is 0 Å². The smallest absolute Gasteiger partial charge is 0.409 e. The van der Waals surface area contributed by atoms with Crippen molar-refractivity contribution < 1.29 is 19.1 Å². The number of carbonyl (C=O) groups is 2. The maximum Gasteiger partial charge on any atom is 0.409 e. The summed E-state index contributed by atoms with van der Waals surface area (Å²) in [5, 5.41) is 5.83. The maximum absolute atomic E-state index is 12.1. The third kappa shape index (κ3) is 5.53. The van der Waals surface area contributed by atoms with Gasteiger partial charge in [0.25, 0.3) is 0 Å². The van der Waals surface area contributed by atoms with Crippen molar-refractivity contribution in [3.05, 3.63) is 29.3 Å². The summed E-state index contributed by atoms with van der Waals surface area (Å²) in [6.45, 7) is 4.29. The van der Waals surface area contributed by atoms with Crippen molar-refractivity contribution in [3.8, 4) is 5.75 Å². The van der Waals surface area contributed by atoms with Crippen LogP contribution in [0.15, 0.2) is 18.2 Å². The van der Waals surface area contributed by atoms with E-state index < -0.39 is 0 Å². The largest absolute Gasteiger partial charge is 0.491 e. The van der Waals surface area contributed by atoms with E-state index in [0.29, 0.717) is 32.8 Å². The highest BCUT2D eigenvalue weighted by Gasteiger charge is 2.24. The molecule has 2 N–H and O–H groups in total. The maximum atomic E-state index is 12.1. The van der Waals surface area contributed by atoms with Crippen LogP contribution in [-0.2, 0) is 17.6 Å². The van der Waals surface area contributed by atoms with Crippen LogP contribution in [0.2, 0.25) is 0 Å². The Hall–Kier alpha value is -2.44. The first-order valence-electron chi connectivity index (χ1n) is 10.4. The number of likely N-dealkylation sites (tertiary alicyclic amines) is 1. The number of aryl methyl sites for hydroxylation is 1. The number of benzene rings is 1. The summed E-state index contributed by atoms with van der Waals surface area (Å²) in [4.78, 5) is 25.5. The Labute approximate surface area is 166 Å². The number of urea groups is 1.